The second-order valence-corrected chi connectivity index (χ2v) is 4.98. The number of anilines is 1. The SMILES string of the molecule is CCC(C(=O)O)N(C)CC(=O)Nc1ccnn1C(C)C. The van der Waals surface area contributed by atoms with Crippen LogP contribution in [-0.4, -0.2) is 51.3 Å². The van der Waals surface area contributed by atoms with E-state index in [2.05, 4.69) is 10.4 Å². The zero-order valence-corrected chi connectivity index (χ0v) is 12.3. The van der Waals surface area contributed by atoms with Gasteiger partial charge in [-0.1, -0.05) is 6.92 Å². The number of carbonyl (C=O) groups is 2. The highest BCUT2D eigenvalue weighted by molar-refractivity contribution is 5.91. The maximum atomic E-state index is 12.0. The zero-order valence-electron chi connectivity index (χ0n) is 12.3. The minimum absolute atomic E-state index is 0.0219. The predicted octanol–water partition coefficient (Wildman–Crippen LogP) is 1.20. The lowest BCUT2D eigenvalue weighted by Crippen LogP contribution is -2.42. The van der Waals surface area contributed by atoms with E-state index in [1.165, 1.54) is 4.90 Å². The van der Waals surface area contributed by atoms with Crippen molar-refractivity contribution in [3.63, 3.8) is 0 Å². The number of nitrogens with zero attached hydrogens (tertiary/aromatic N) is 3. The minimum atomic E-state index is -0.921. The van der Waals surface area contributed by atoms with Gasteiger partial charge in [0.25, 0.3) is 0 Å². The summed E-state index contributed by atoms with van der Waals surface area (Å²) in [6.07, 6.45) is 2.06. The van der Waals surface area contributed by atoms with Crippen LogP contribution in [-0.2, 0) is 9.59 Å². The largest absolute Gasteiger partial charge is 0.480 e. The van der Waals surface area contributed by atoms with Crippen molar-refractivity contribution in [1.29, 1.82) is 0 Å². The number of hydrogen-bond donors (Lipinski definition) is 2. The second kappa shape index (κ2) is 7.04. The molecule has 0 bridgehead atoms. The zero-order chi connectivity index (χ0) is 15.3. The summed E-state index contributed by atoms with van der Waals surface area (Å²) in [5.74, 6) is -0.564. The van der Waals surface area contributed by atoms with Gasteiger partial charge in [-0.2, -0.15) is 5.10 Å². The third kappa shape index (κ3) is 4.06. The molecule has 0 aliphatic heterocycles. The Labute approximate surface area is 118 Å². The molecule has 1 rings (SSSR count). The van der Waals surface area contributed by atoms with E-state index < -0.39 is 12.0 Å². The Balaban J connectivity index is 2.63. The van der Waals surface area contributed by atoms with Crippen LogP contribution in [0.3, 0.4) is 0 Å². The molecule has 0 spiro atoms. The molecule has 7 heteroatoms. The number of carbonyl (C=O) groups excluding carboxylic acids is 1. The molecular weight excluding hydrogens is 260 g/mol. The smallest absolute Gasteiger partial charge is 0.320 e. The van der Waals surface area contributed by atoms with Crippen molar-refractivity contribution in [1.82, 2.24) is 14.7 Å². The Morgan fingerprint density at radius 1 is 1.50 bits per heavy atom. The van der Waals surface area contributed by atoms with Gasteiger partial charge in [0.1, 0.15) is 11.9 Å². The van der Waals surface area contributed by atoms with Crippen molar-refractivity contribution >= 4 is 17.7 Å². The Morgan fingerprint density at radius 3 is 2.65 bits per heavy atom. The summed E-state index contributed by atoms with van der Waals surface area (Å²) in [6, 6.07) is 1.20. The first-order chi connectivity index (χ1) is 9.36. The van der Waals surface area contributed by atoms with Crippen LogP contribution >= 0.6 is 0 Å². The van der Waals surface area contributed by atoms with Gasteiger partial charge in [-0.15, -0.1) is 0 Å². The number of carboxylic acid groups (broad SMARTS) is 1. The standard InChI is InChI=1S/C13H22N4O3/c1-5-10(13(19)20)16(4)8-12(18)15-11-6-7-14-17(11)9(2)3/h6-7,9-10H,5,8H2,1-4H3,(H,15,18)(H,19,20). The van der Waals surface area contributed by atoms with E-state index in [0.29, 0.717) is 12.2 Å². The highest BCUT2D eigenvalue weighted by Crippen LogP contribution is 2.13. The van der Waals surface area contributed by atoms with Crippen LogP contribution in [0.15, 0.2) is 12.3 Å². The van der Waals surface area contributed by atoms with E-state index in [0.717, 1.165) is 0 Å². The van der Waals surface area contributed by atoms with Crippen molar-refractivity contribution in [3.8, 4) is 0 Å². The van der Waals surface area contributed by atoms with Crippen molar-refractivity contribution < 1.29 is 14.7 Å². The Morgan fingerprint density at radius 2 is 2.15 bits per heavy atom. The lowest BCUT2D eigenvalue weighted by atomic mass is 10.2. The van der Waals surface area contributed by atoms with Gasteiger partial charge >= 0.3 is 5.97 Å². The lowest BCUT2D eigenvalue weighted by molar-refractivity contribution is -0.143. The normalized spacial score (nSPS) is 12.7. The topological polar surface area (TPSA) is 87.5 Å². The summed E-state index contributed by atoms with van der Waals surface area (Å²) < 4.78 is 1.70. The van der Waals surface area contributed by atoms with Crippen LogP contribution in [0.2, 0.25) is 0 Å². The van der Waals surface area contributed by atoms with E-state index in [1.54, 1.807) is 30.9 Å². The average molecular weight is 282 g/mol. The van der Waals surface area contributed by atoms with E-state index in [9.17, 15) is 9.59 Å². The van der Waals surface area contributed by atoms with Crippen molar-refractivity contribution in [2.75, 3.05) is 18.9 Å². The van der Waals surface area contributed by atoms with Gasteiger partial charge in [0, 0.05) is 12.1 Å². The van der Waals surface area contributed by atoms with Crippen LogP contribution in [0.25, 0.3) is 0 Å². The maximum absolute atomic E-state index is 12.0. The van der Waals surface area contributed by atoms with E-state index in [4.69, 9.17) is 5.11 Å². The molecule has 0 aromatic carbocycles. The molecule has 7 nitrogen and oxygen atoms in total. The molecule has 20 heavy (non-hydrogen) atoms. The summed E-state index contributed by atoms with van der Waals surface area (Å²) in [5.41, 5.74) is 0. The monoisotopic (exact) mass is 282 g/mol. The highest BCUT2D eigenvalue weighted by Gasteiger charge is 2.22. The molecule has 0 radical (unpaired) electrons. The molecule has 1 heterocycles. The van der Waals surface area contributed by atoms with Gasteiger partial charge < -0.3 is 10.4 Å². The molecular formula is C13H22N4O3. The molecule has 0 saturated carbocycles. The van der Waals surface area contributed by atoms with Crippen LogP contribution in [0.4, 0.5) is 5.82 Å². The minimum Gasteiger partial charge on any atom is -0.480 e. The van der Waals surface area contributed by atoms with Crippen molar-refractivity contribution in [3.05, 3.63) is 12.3 Å². The number of hydrogen-bond acceptors (Lipinski definition) is 4. The van der Waals surface area contributed by atoms with E-state index in [-0.39, 0.29) is 18.5 Å². The van der Waals surface area contributed by atoms with Crippen molar-refractivity contribution in [2.24, 2.45) is 0 Å². The third-order valence-corrected chi connectivity index (χ3v) is 3.02. The summed E-state index contributed by atoms with van der Waals surface area (Å²) in [7, 11) is 1.63. The van der Waals surface area contributed by atoms with Gasteiger partial charge in [-0.05, 0) is 27.3 Å². The van der Waals surface area contributed by atoms with Gasteiger partial charge in [-0.25, -0.2) is 4.68 Å². The highest BCUT2D eigenvalue weighted by atomic mass is 16.4. The molecule has 0 saturated heterocycles. The summed E-state index contributed by atoms with van der Waals surface area (Å²) in [6.45, 7) is 5.73. The molecule has 1 aromatic heterocycles. The number of amides is 1. The van der Waals surface area contributed by atoms with Gasteiger partial charge in [-0.3, -0.25) is 14.5 Å². The van der Waals surface area contributed by atoms with E-state index in [1.807, 2.05) is 13.8 Å². The molecule has 0 aliphatic carbocycles. The molecule has 2 N–H and O–H groups in total. The third-order valence-electron chi connectivity index (χ3n) is 3.02. The first-order valence-electron chi connectivity index (χ1n) is 6.63. The van der Waals surface area contributed by atoms with Crippen LogP contribution in [0, 0.1) is 0 Å². The number of rotatable bonds is 7. The molecule has 1 aromatic rings. The number of aliphatic carboxylic acids is 1. The number of likely N-dealkylation sites (N-methyl/N-ethyl adjacent to an activating group) is 1. The van der Waals surface area contributed by atoms with Crippen LogP contribution < -0.4 is 5.32 Å². The fourth-order valence-electron chi connectivity index (χ4n) is 2.02. The average Bonchev–Trinajstić information content (AvgIpc) is 2.76. The number of aromatic nitrogens is 2. The summed E-state index contributed by atoms with van der Waals surface area (Å²) in [4.78, 5) is 24.5. The number of nitrogens with one attached hydrogen (secondary N) is 1. The molecule has 0 aliphatic rings. The van der Waals surface area contributed by atoms with Crippen LogP contribution in [0.5, 0.6) is 0 Å². The molecule has 1 atom stereocenters. The molecule has 112 valence electrons. The summed E-state index contributed by atoms with van der Waals surface area (Å²) in [5, 5.41) is 15.9. The Kier molecular flexibility index (Phi) is 5.69. The fourth-order valence-corrected chi connectivity index (χ4v) is 2.02. The first kappa shape index (κ1) is 16.2. The van der Waals surface area contributed by atoms with Crippen molar-refractivity contribution in [2.45, 2.75) is 39.3 Å². The Hall–Kier alpha value is -1.89. The fraction of sp³-hybridized carbons (Fsp3) is 0.615. The quantitative estimate of drug-likeness (QED) is 0.784. The lowest BCUT2D eigenvalue weighted by Gasteiger charge is -2.22. The maximum Gasteiger partial charge on any atom is 0.320 e. The second-order valence-electron chi connectivity index (χ2n) is 4.98. The molecule has 0 fully saturated rings. The molecule has 1 unspecified atom stereocenters. The Bertz CT molecular complexity index is 470. The molecule has 1 amide bonds. The predicted molar refractivity (Wildman–Crippen MR) is 75.6 cm³/mol. The number of carboxylic acids is 1. The first-order valence-corrected chi connectivity index (χ1v) is 6.63. The van der Waals surface area contributed by atoms with Gasteiger partial charge in [0.15, 0.2) is 0 Å². The summed E-state index contributed by atoms with van der Waals surface area (Å²) >= 11 is 0. The van der Waals surface area contributed by atoms with Crippen LogP contribution in [0.1, 0.15) is 33.2 Å². The van der Waals surface area contributed by atoms with E-state index >= 15 is 0 Å². The van der Waals surface area contributed by atoms with Gasteiger partial charge in [0.2, 0.25) is 5.91 Å². The van der Waals surface area contributed by atoms with Gasteiger partial charge in [0.05, 0.1) is 12.7 Å².